The maximum absolute atomic E-state index is 12.1. The number of halogens is 1. The molecule has 6 heteroatoms. The van der Waals surface area contributed by atoms with Crippen LogP contribution in [0.5, 0.6) is 5.75 Å². The van der Waals surface area contributed by atoms with Crippen LogP contribution in [0.4, 0.5) is 0 Å². The zero-order valence-electron chi connectivity index (χ0n) is 12.3. The number of thioether (sulfide) groups is 1. The summed E-state index contributed by atoms with van der Waals surface area (Å²) < 4.78 is 6.09. The fourth-order valence-corrected chi connectivity index (χ4v) is 4.07. The van der Waals surface area contributed by atoms with Crippen LogP contribution >= 0.6 is 27.7 Å². The van der Waals surface area contributed by atoms with Crippen molar-refractivity contribution < 1.29 is 9.53 Å². The minimum absolute atomic E-state index is 0.141. The van der Waals surface area contributed by atoms with Gasteiger partial charge in [0.25, 0.3) is 5.91 Å². The molecule has 0 aliphatic carbocycles. The van der Waals surface area contributed by atoms with Gasteiger partial charge in [-0.25, -0.2) is 0 Å². The number of benzene rings is 1. The quantitative estimate of drug-likeness (QED) is 0.729. The van der Waals surface area contributed by atoms with Gasteiger partial charge in [0.05, 0.1) is 16.5 Å². The van der Waals surface area contributed by atoms with Gasteiger partial charge >= 0.3 is 0 Å². The van der Waals surface area contributed by atoms with Crippen molar-refractivity contribution in [3.63, 3.8) is 0 Å². The van der Waals surface area contributed by atoms with Gasteiger partial charge in [-0.3, -0.25) is 4.79 Å². The molecule has 1 aromatic rings. The zero-order chi connectivity index (χ0) is 15.5. The summed E-state index contributed by atoms with van der Waals surface area (Å²) in [5.41, 5.74) is 0.957. The minimum Gasteiger partial charge on any atom is -0.496 e. The average Bonchev–Trinajstić information content (AvgIpc) is 2.89. The van der Waals surface area contributed by atoms with E-state index in [4.69, 9.17) is 4.74 Å². The molecule has 1 fully saturated rings. The van der Waals surface area contributed by atoms with Crippen LogP contribution in [0.25, 0.3) is 6.08 Å². The number of likely N-dealkylation sites (tertiary alicyclic amines) is 1. The highest BCUT2D eigenvalue weighted by atomic mass is 79.9. The van der Waals surface area contributed by atoms with Gasteiger partial charge < -0.3 is 9.64 Å². The van der Waals surface area contributed by atoms with Gasteiger partial charge in [0.2, 0.25) is 0 Å². The van der Waals surface area contributed by atoms with Crippen molar-refractivity contribution in [2.24, 2.45) is 4.99 Å². The highest BCUT2D eigenvalue weighted by Gasteiger charge is 2.26. The first kappa shape index (κ1) is 15.6. The summed E-state index contributed by atoms with van der Waals surface area (Å²) in [4.78, 5) is 19.2. The summed E-state index contributed by atoms with van der Waals surface area (Å²) in [6.07, 6.45) is 5.51. The number of ether oxygens (including phenoxy) is 1. The van der Waals surface area contributed by atoms with Gasteiger partial charge in [-0.15, -0.1) is 0 Å². The van der Waals surface area contributed by atoms with Crippen molar-refractivity contribution in [1.82, 2.24) is 4.90 Å². The number of aliphatic imine (C=N–C) groups is 1. The number of methoxy groups -OCH3 is 1. The van der Waals surface area contributed by atoms with Crippen LogP contribution in [-0.4, -0.2) is 36.2 Å². The lowest BCUT2D eigenvalue weighted by molar-refractivity contribution is -0.113. The first-order valence-corrected chi connectivity index (χ1v) is 8.89. The van der Waals surface area contributed by atoms with E-state index < -0.39 is 0 Å². The summed E-state index contributed by atoms with van der Waals surface area (Å²) in [7, 11) is 1.63. The first-order chi connectivity index (χ1) is 10.7. The third-order valence-electron chi connectivity index (χ3n) is 3.71. The van der Waals surface area contributed by atoms with Crippen molar-refractivity contribution in [3.8, 4) is 5.75 Å². The van der Waals surface area contributed by atoms with E-state index in [0.717, 1.165) is 34.0 Å². The van der Waals surface area contributed by atoms with Gasteiger partial charge in [0.15, 0.2) is 5.17 Å². The van der Waals surface area contributed by atoms with Crippen molar-refractivity contribution in [3.05, 3.63) is 33.1 Å². The third kappa shape index (κ3) is 3.38. The molecular formula is C16H17BrN2O2S. The number of hydrogen-bond acceptors (Lipinski definition) is 4. The fourth-order valence-electron chi connectivity index (χ4n) is 2.54. The summed E-state index contributed by atoms with van der Waals surface area (Å²) >= 11 is 4.94. The molecule has 0 bridgehead atoms. The second kappa shape index (κ2) is 6.87. The van der Waals surface area contributed by atoms with E-state index in [-0.39, 0.29) is 5.91 Å². The fraction of sp³-hybridized carbons (Fsp3) is 0.375. The molecule has 1 amide bonds. The Hall–Kier alpha value is -1.27. The van der Waals surface area contributed by atoms with Crippen LogP contribution in [0.3, 0.4) is 0 Å². The molecule has 1 saturated heterocycles. The predicted octanol–water partition coefficient (Wildman–Crippen LogP) is 3.91. The lowest BCUT2D eigenvalue weighted by Crippen LogP contribution is -2.33. The molecule has 4 nitrogen and oxygen atoms in total. The molecular weight excluding hydrogens is 364 g/mol. The standard InChI is InChI=1S/C16H17BrN2O2S/c1-21-13-6-5-11(9-12(13)17)10-14-15(20)18-16(22-14)19-7-3-2-4-8-19/h5-6,9-10H,2-4,7-8H2,1H3/b14-10-. The zero-order valence-corrected chi connectivity index (χ0v) is 14.7. The number of hydrogen-bond donors (Lipinski definition) is 0. The molecule has 0 saturated carbocycles. The van der Waals surface area contributed by atoms with E-state index in [2.05, 4.69) is 25.8 Å². The molecule has 0 N–H and O–H groups in total. The lowest BCUT2D eigenvalue weighted by atomic mass is 10.1. The second-order valence-corrected chi connectivity index (χ2v) is 7.12. The topological polar surface area (TPSA) is 41.9 Å². The second-order valence-electron chi connectivity index (χ2n) is 5.25. The summed E-state index contributed by atoms with van der Waals surface area (Å²) in [5, 5.41) is 0.850. The maximum atomic E-state index is 12.1. The summed E-state index contributed by atoms with van der Waals surface area (Å²) in [5.74, 6) is 0.635. The van der Waals surface area contributed by atoms with Crippen LogP contribution in [0.15, 0.2) is 32.6 Å². The molecule has 2 aliphatic heterocycles. The third-order valence-corrected chi connectivity index (χ3v) is 5.37. The van der Waals surface area contributed by atoms with Gasteiger partial charge in [0, 0.05) is 13.1 Å². The molecule has 0 aromatic heterocycles. The molecule has 0 spiro atoms. The van der Waals surface area contributed by atoms with Gasteiger partial charge in [0.1, 0.15) is 5.75 Å². The van der Waals surface area contributed by atoms with Crippen LogP contribution < -0.4 is 4.74 Å². The van der Waals surface area contributed by atoms with E-state index in [1.165, 1.54) is 31.0 Å². The lowest BCUT2D eigenvalue weighted by Gasteiger charge is -2.27. The minimum atomic E-state index is -0.141. The van der Waals surface area contributed by atoms with Gasteiger partial charge in [-0.2, -0.15) is 4.99 Å². The Balaban J connectivity index is 1.76. The molecule has 116 valence electrons. The van der Waals surface area contributed by atoms with Gasteiger partial charge in [-0.05, 0) is 70.7 Å². The molecule has 1 aromatic carbocycles. The summed E-state index contributed by atoms with van der Waals surface area (Å²) in [6.45, 7) is 2.00. The van der Waals surface area contributed by atoms with E-state index >= 15 is 0 Å². The smallest absolute Gasteiger partial charge is 0.286 e. The Morgan fingerprint density at radius 2 is 2.09 bits per heavy atom. The number of nitrogens with zero attached hydrogens (tertiary/aromatic N) is 2. The molecule has 0 radical (unpaired) electrons. The number of carbonyl (C=O) groups excluding carboxylic acids is 1. The van der Waals surface area contributed by atoms with Crippen LogP contribution in [-0.2, 0) is 4.79 Å². The molecule has 2 aliphatic rings. The number of amidine groups is 1. The first-order valence-electron chi connectivity index (χ1n) is 7.28. The monoisotopic (exact) mass is 380 g/mol. The number of carbonyl (C=O) groups is 1. The Morgan fingerprint density at radius 1 is 1.32 bits per heavy atom. The molecule has 2 heterocycles. The van der Waals surface area contributed by atoms with E-state index in [9.17, 15) is 4.79 Å². The number of rotatable bonds is 2. The van der Waals surface area contributed by atoms with Crippen LogP contribution in [0.2, 0.25) is 0 Å². The highest BCUT2D eigenvalue weighted by Crippen LogP contribution is 2.33. The maximum Gasteiger partial charge on any atom is 0.286 e. The van der Waals surface area contributed by atoms with Crippen LogP contribution in [0, 0.1) is 0 Å². The number of piperidine rings is 1. The predicted molar refractivity (Wildman–Crippen MR) is 94.1 cm³/mol. The highest BCUT2D eigenvalue weighted by molar-refractivity contribution is 9.10. The Kier molecular flexibility index (Phi) is 4.88. The number of amides is 1. The average molecular weight is 381 g/mol. The molecule has 3 rings (SSSR count). The van der Waals surface area contributed by atoms with Crippen LogP contribution in [0.1, 0.15) is 24.8 Å². The van der Waals surface area contributed by atoms with Crippen molar-refractivity contribution in [2.75, 3.05) is 20.2 Å². The van der Waals surface area contributed by atoms with Crippen molar-refractivity contribution in [1.29, 1.82) is 0 Å². The molecule has 22 heavy (non-hydrogen) atoms. The SMILES string of the molecule is COc1ccc(/C=C2\SC(N3CCCCC3)=NC2=O)cc1Br. The Morgan fingerprint density at radius 3 is 2.77 bits per heavy atom. The summed E-state index contributed by atoms with van der Waals surface area (Å²) in [6, 6.07) is 5.76. The Bertz CT molecular complexity index is 652. The Labute approximate surface area is 142 Å². The largest absolute Gasteiger partial charge is 0.496 e. The normalized spacial score (nSPS) is 20.5. The molecule has 0 unspecified atom stereocenters. The van der Waals surface area contributed by atoms with E-state index in [0.29, 0.717) is 4.91 Å². The van der Waals surface area contributed by atoms with Crippen molar-refractivity contribution >= 4 is 44.8 Å². The van der Waals surface area contributed by atoms with Gasteiger partial charge in [-0.1, -0.05) is 6.07 Å². The van der Waals surface area contributed by atoms with E-state index in [1.807, 2.05) is 24.3 Å². The van der Waals surface area contributed by atoms with Crippen molar-refractivity contribution in [2.45, 2.75) is 19.3 Å². The molecule has 0 atom stereocenters. The van der Waals surface area contributed by atoms with E-state index in [1.54, 1.807) is 7.11 Å².